The van der Waals surface area contributed by atoms with Crippen molar-refractivity contribution in [3.05, 3.63) is 50.4 Å². The van der Waals surface area contributed by atoms with E-state index in [-0.39, 0.29) is 16.3 Å². The zero-order valence-electron chi connectivity index (χ0n) is 16.7. The van der Waals surface area contributed by atoms with Gasteiger partial charge in [-0.2, -0.15) is 0 Å². The molecule has 0 aromatic carbocycles. The summed E-state index contributed by atoms with van der Waals surface area (Å²) < 4.78 is 11.6. The van der Waals surface area contributed by atoms with Crippen LogP contribution >= 0.6 is 0 Å². The van der Waals surface area contributed by atoms with Crippen molar-refractivity contribution in [1.29, 1.82) is 0 Å². The third kappa shape index (κ3) is 2.14. The molecular weight excluding hydrogens is 312 g/mol. The summed E-state index contributed by atoms with van der Waals surface area (Å²) in [6.07, 6.45) is 5.73. The molecule has 0 radical (unpaired) electrons. The highest BCUT2D eigenvalue weighted by atomic mass is 16.6. The molecule has 3 rings (SSSR count). The van der Waals surface area contributed by atoms with E-state index in [4.69, 9.17) is 9.15 Å². The molecule has 25 heavy (non-hydrogen) atoms. The van der Waals surface area contributed by atoms with E-state index in [1.165, 1.54) is 11.1 Å². The summed E-state index contributed by atoms with van der Waals surface area (Å²) in [5, 5.41) is 0. The van der Waals surface area contributed by atoms with E-state index in [0.717, 1.165) is 17.7 Å². The van der Waals surface area contributed by atoms with E-state index < -0.39 is 0 Å². The molecule has 1 aromatic heterocycles. The van der Waals surface area contributed by atoms with Gasteiger partial charge in [0, 0.05) is 16.9 Å². The number of hydrogen-bond acceptors (Lipinski definition) is 3. The topological polar surface area (TPSA) is 39.4 Å². The molecule has 0 spiro atoms. The first-order valence-corrected chi connectivity index (χ1v) is 9.19. The van der Waals surface area contributed by atoms with Crippen molar-refractivity contribution in [3.63, 3.8) is 0 Å². The quantitative estimate of drug-likeness (QED) is 0.768. The molecule has 0 saturated heterocycles. The molecule has 4 atom stereocenters. The SMILES string of the molecule is CC[C@@H]1[C@@]2(C)C=C(C)C=C(C)[C@H]2[C@]1(C)c1oc(OC)c(C)c(=O)c1C. The Labute approximate surface area is 150 Å². The van der Waals surface area contributed by atoms with Crippen molar-refractivity contribution in [3.8, 4) is 5.95 Å². The third-order valence-corrected chi connectivity index (χ3v) is 6.75. The number of ether oxygens (including phenoxy) is 1. The second-order valence-corrected chi connectivity index (χ2v) is 8.32. The van der Waals surface area contributed by atoms with Crippen LogP contribution in [0, 0.1) is 31.1 Å². The van der Waals surface area contributed by atoms with Gasteiger partial charge in [0.05, 0.1) is 12.7 Å². The Morgan fingerprint density at radius 1 is 1.16 bits per heavy atom. The zero-order valence-corrected chi connectivity index (χ0v) is 16.7. The monoisotopic (exact) mass is 342 g/mol. The van der Waals surface area contributed by atoms with E-state index >= 15 is 0 Å². The van der Waals surface area contributed by atoms with E-state index in [9.17, 15) is 4.79 Å². The van der Waals surface area contributed by atoms with Gasteiger partial charge in [0.15, 0.2) is 5.43 Å². The van der Waals surface area contributed by atoms with Crippen molar-refractivity contribution >= 4 is 0 Å². The number of allylic oxidation sites excluding steroid dienone is 4. The average Bonchev–Trinajstić information content (AvgIpc) is 2.51. The summed E-state index contributed by atoms with van der Waals surface area (Å²) in [7, 11) is 1.56. The summed E-state index contributed by atoms with van der Waals surface area (Å²) in [6, 6.07) is 0. The maximum Gasteiger partial charge on any atom is 0.291 e. The van der Waals surface area contributed by atoms with Gasteiger partial charge in [-0.15, -0.1) is 0 Å². The highest BCUT2D eigenvalue weighted by Gasteiger charge is 2.67. The van der Waals surface area contributed by atoms with Crippen LogP contribution in [-0.2, 0) is 5.41 Å². The maximum absolute atomic E-state index is 12.8. The Morgan fingerprint density at radius 3 is 2.36 bits per heavy atom. The fourth-order valence-corrected chi connectivity index (χ4v) is 6.31. The molecular formula is C22H30O3. The summed E-state index contributed by atoms with van der Waals surface area (Å²) in [6.45, 7) is 14.9. The Balaban J connectivity index is 2.26. The first-order valence-electron chi connectivity index (χ1n) is 9.19. The molecule has 1 heterocycles. The second-order valence-electron chi connectivity index (χ2n) is 8.32. The van der Waals surface area contributed by atoms with Gasteiger partial charge in [0.25, 0.3) is 5.95 Å². The number of fused-ring (bicyclic) bond motifs is 1. The van der Waals surface area contributed by atoms with Gasteiger partial charge in [0.1, 0.15) is 5.76 Å². The van der Waals surface area contributed by atoms with Gasteiger partial charge in [0.2, 0.25) is 0 Å². The van der Waals surface area contributed by atoms with Gasteiger partial charge >= 0.3 is 0 Å². The summed E-state index contributed by atoms with van der Waals surface area (Å²) in [4.78, 5) is 12.8. The lowest BCUT2D eigenvalue weighted by Crippen LogP contribution is -2.65. The largest absolute Gasteiger partial charge is 0.468 e. The van der Waals surface area contributed by atoms with Crippen LogP contribution in [0.2, 0.25) is 0 Å². The number of hydrogen-bond donors (Lipinski definition) is 0. The normalized spacial score (nSPS) is 33.9. The molecule has 2 aliphatic carbocycles. The minimum atomic E-state index is -0.203. The molecule has 1 aromatic rings. The molecule has 0 unspecified atom stereocenters. The molecule has 1 fully saturated rings. The van der Waals surface area contributed by atoms with Crippen LogP contribution in [0.1, 0.15) is 57.9 Å². The average molecular weight is 342 g/mol. The zero-order chi connectivity index (χ0) is 18.7. The lowest BCUT2D eigenvalue weighted by molar-refractivity contribution is -0.0915. The van der Waals surface area contributed by atoms with Crippen LogP contribution in [0.4, 0.5) is 0 Å². The van der Waals surface area contributed by atoms with Gasteiger partial charge < -0.3 is 9.15 Å². The van der Waals surface area contributed by atoms with Crippen LogP contribution in [0.5, 0.6) is 5.95 Å². The molecule has 0 aliphatic heterocycles. The summed E-state index contributed by atoms with van der Waals surface area (Å²) >= 11 is 0. The maximum atomic E-state index is 12.8. The van der Waals surface area contributed by atoms with Crippen molar-refractivity contribution < 1.29 is 9.15 Å². The first kappa shape index (κ1) is 18.0. The summed E-state index contributed by atoms with van der Waals surface area (Å²) in [5.41, 5.74) is 3.91. The predicted octanol–water partition coefficient (Wildman–Crippen LogP) is 5.09. The van der Waals surface area contributed by atoms with Gasteiger partial charge in [-0.3, -0.25) is 4.79 Å². The van der Waals surface area contributed by atoms with E-state index in [1.807, 2.05) is 6.92 Å². The van der Waals surface area contributed by atoms with Crippen molar-refractivity contribution in [1.82, 2.24) is 0 Å². The Morgan fingerprint density at radius 2 is 1.80 bits per heavy atom. The van der Waals surface area contributed by atoms with E-state index in [2.05, 4.69) is 46.8 Å². The minimum Gasteiger partial charge on any atom is -0.468 e. The van der Waals surface area contributed by atoms with Crippen molar-refractivity contribution in [2.45, 2.75) is 60.3 Å². The van der Waals surface area contributed by atoms with Gasteiger partial charge in [-0.1, -0.05) is 50.5 Å². The number of rotatable bonds is 3. The highest BCUT2D eigenvalue weighted by Crippen LogP contribution is 2.70. The third-order valence-electron chi connectivity index (χ3n) is 6.75. The fraction of sp³-hybridized carbons (Fsp3) is 0.591. The number of methoxy groups -OCH3 is 1. The summed E-state index contributed by atoms with van der Waals surface area (Å²) in [5.74, 6) is 1.90. The van der Waals surface area contributed by atoms with E-state index in [1.54, 1.807) is 14.0 Å². The lowest BCUT2D eigenvalue weighted by Gasteiger charge is -2.67. The smallest absolute Gasteiger partial charge is 0.291 e. The van der Waals surface area contributed by atoms with Crippen molar-refractivity contribution in [2.24, 2.45) is 17.3 Å². The van der Waals surface area contributed by atoms with E-state index in [0.29, 0.717) is 23.3 Å². The molecule has 136 valence electrons. The van der Waals surface area contributed by atoms with Crippen LogP contribution in [0.3, 0.4) is 0 Å². The second kappa shape index (κ2) is 5.62. The van der Waals surface area contributed by atoms with Crippen LogP contribution in [-0.4, -0.2) is 7.11 Å². The molecule has 0 N–H and O–H groups in total. The fourth-order valence-electron chi connectivity index (χ4n) is 6.31. The Bertz CT molecular complexity index is 842. The van der Waals surface area contributed by atoms with Crippen LogP contribution in [0.15, 0.2) is 32.5 Å². The molecule has 2 aliphatic rings. The van der Waals surface area contributed by atoms with Crippen LogP contribution < -0.4 is 10.2 Å². The predicted molar refractivity (Wildman–Crippen MR) is 101 cm³/mol. The minimum absolute atomic E-state index is 0.0342. The Kier molecular flexibility index (Phi) is 4.05. The van der Waals surface area contributed by atoms with Gasteiger partial charge in [-0.25, -0.2) is 0 Å². The molecule has 1 saturated carbocycles. The van der Waals surface area contributed by atoms with Gasteiger partial charge in [-0.05, 0) is 39.0 Å². The van der Waals surface area contributed by atoms with Crippen molar-refractivity contribution in [2.75, 3.05) is 7.11 Å². The first-order chi connectivity index (χ1) is 11.6. The molecule has 0 amide bonds. The molecule has 3 heteroatoms. The lowest BCUT2D eigenvalue weighted by atomic mass is 9.36. The Hall–Kier alpha value is -1.77. The highest BCUT2D eigenvalue weighted by molar-refractivity contribution is 5.47. The molecule has 0 bridgehead atoms. The standard InChI is InChI=1S/C22H30O3/c1-9-16-21(6)11-12(2)10-13(3)18(21)22(16,7)19-14(4)17(23)15(5)20(24-8)25-19/h10-11,16,18H,9H2,1-8H3/t16-,18-,21-,22-/m1/s1. The molecule has 3 nitrogen and oxygen atoms in total. The van der Waals surface area contributed by atoms with Crippen LogP contribution in [0.25, 0.3) is 0 Å².